The summed E-state index contributed by atoms with van der Waals surface area (Å²) in [6.45, 7) is 6.44. The number of rotatable bonds is 3. The van der Waals surface area contributed by atoms with Crippen molar-refractivity contribution in [2.24, 2.45) is 5.92 Å². The molecule has 0 unspecified atom stereocenters. The first-order valence-electron chi connectivity index (χ1n) is 5.60. The van der Waals surface area contributed by atoms with E-state index < -0.39 is 0 Å². The van der Waals surface area contributed by atoms with Crippen LogP contribution in [-0.4, -0.2) is 9.97 Å². The lowest BCUT2D eigenvalue weighted by Gasteiger charge is -2.10. The van der Waals surface area contributed by atoms with Gasteiger partial charge in [-0.1, -0.05) is 20.8 Å². The third-order valence-corrected chi connectivity index (χ3v) is 2.98. The van der Waals surface area contributed by atoms with Gasteiger partial charge in [0.1, 0.15) is 5.82 Å². The Balaban J connectivity index is 2.33. The van der Waals surface area contributed by atoms with Gasteiger partial charge in [-0.05, 0) is 25.2 Å². The maximum Gasteiger partial charge on any atom is 0.251 e. The molecule has 0 saturated heterocycles. The highest BCUT2D eigenvalue weighted by Gasteiger charge is 2.41. The molecule has 0 atom stereocenters. The SMILES string of the molecule is CC(C)Cc1cc(=O)[nH]c(C2(C)CC2)n1. The van der Waals surface area contributed by atoms with Crippen LogP contribution >= 0.6 is 0 Å². The van der Waals surface area contributed by atoms with Crippen molar-refractivity contribution in [2.75, 3.05) is 0 Å². The van der Waals surface area contributed by atoms with Crippen LogP contribution in [-0.2, 0) is 11.8 Å². The normalized spacial score (nSPS) is 18.1. The fourth-order valence-electron chi connectivity index (χ4n) is 1.74. The predicted molar refractivity (Wildman–Crippen MR) is 60.0 cm³/mol. The Morgan fingerprint density at radius 1 is 1.53 bits per heavy atom. The molecule has 82 valence electrons. The lowest BCUT2D eigenvalue weighted by Crippen LogP contribution is -2.18. The van der Waals surface area contributed by atoms with Gasteiger partial charge in [0.05, 0.1) is 0 Å². The summed E-state index contributed by atoms with van der Waals surface area (Å²) in [7, 11) is 0. The topological polar surface area (TPSA) is 45.8 Å². The van der Waals surface area contributed by atoms with Gasteiger partial charge in [-0.15, -0.1) is 0 Å². The van der Waals surface area contributed by atoms with Gasteiger partial charge in [-0.2, -0.15) is 0 Å². The molecule has 1 saturated carbocycles. The lowest BCUT2D eigenvalue weighted by atomic mass is 10.1. The molecule has 3 heteroatoms. The molecule has 1 N–H and O–H groups in total. The fraction of sp³-hybridized carbons (Fsp3) is 0.667. The van der Waals surface area contributed by atoms with Crippen LogP contribution in [0.1, 0.15) is 45.1 Å². The lowest BCUT2D eigenvalue weighted by molar-refractivity contribution is 0.616. The zero-order valence-electron chi connectivity index (χ0n) is 9.63. The number of hydrogen-bond donors (Lipinski definition) is 1. The number of nitrogens with one attached hydrogen (secondary N) is 1. The van der Waals surface area contributed by atoms with Gasteiger partial charge in [0.25, 0.3) is 5.56 Å². The van der Waals surface area contributed by atoms with E-state index in [2.05, 4.69) is 30.7 Å². The van der Waals surface area contributed by atoms with E-state index >= 15 is 0 Å². The van der Waals surface area contributed by atoms with E-state index in [9.17, 15) is 4.79 Å². The Kier molecular flexibility index (Phi) is 2.41. The van der Waals surface area contributed by atoms with E-state index in [1.807, 2.05) is 0 Å². The second-order valence-electron chi connectivity index (χ2n) is 5.24. The minimum Gasteiger partial charge on any atom is -0.310 e. The Morgan fingerprint density at radius 2 is 2.20 bits per heavy atom. The second-order valence-corrected chi connectivity index (χ2v) is 5.24. The van der Waals surface area contributed by atoms with Gasteiger partial charge in [0.2, 0.25) is 0 Å². The monoisotopic (exact) mass is 206 g/mol. The molecule has 1 aliphatic carbocycles. The molecule has 0 radical (unpaired) electrons. The maximum absolute atomic E-state index is 11.5. The molecule has 1 heterocycles. The van der Waals surface area contributed by atoms with E-state index in [-0.39, 0.29) is 11.0 Å². The largest absolute Gasteiger partial charge is 0.310 e. The van der Waals surface area contributed by atoms with Crippen LogP contribution in [0.2, 0.25) is 0 Å². The summed E-state index contributed by atoms with van der Waals surface area (Å²) in [6, 6.07) is 1.62. The van der Waals surface area contributed by atoms with Gasteiger partial charge in [-0.3, -0.25) is 4.79 Å². The van der Waals surface area contributed by atoms with Crippen LogP contribution in [0, 0.1) is 5.92 Å². The molecule has 1 fully saturated rings. The molecule has 0 spiro atoms. The van der Waals surface area contributed by atoms with Crippen LogP contribution in [0.4, 0.5) is 0 Å². The van der Waals surface area contributed by atoms with Gasteiger partial charge in [0, 0.05) is 17.2 Å². The van der Waals surface area contributed by atoms with E-state index in [4.69, 9.17) is 0 Å². The van der Waals surface area contributed by atoms with Crippen molar-refractivity contribution in [1.82, 2.24) is 9.97 Å². The zero-order valence-corrected chi connectivity index (χ0v) is 9.63. The van der Waals surface area contributed by atoms with Gasteiger partial charge in [-0.25, -0.2) is 4.98 Å². The van der Waals surface area contributed by atoms with Crippen LogP contribution in [0.15, 0.2) is 10.9 Å². The molecular formula is C12H18N2O. The van der Waals surface area contributed by atoms with Crippen LogP contribution in [0.5, 0.6) is 0 Å². The number of aromatic amines is 1. The molecule has 2 rings (SSSR count). The summed E-state index contributed by atoms with van der Waals surface area (Å²) in [6.07, 6.45) is 3.16. The molecule has 0 aliphatic heterocycles. The third-order valence-electron chi connectivity index (χ3n) is 2.98. The third kappa shape index (κ3) is 2.28. The maximum atomic E-state index is 11.5. The highest BCUT2D eigenvalue weighted by Crippen LogP contribution is 2.45. The summed E-state index contributed by atoms with van der Waals surface area (Å²) in [5.41, 5.74) is 1.06. The molecule has 1 aliphatic rings. The van der Waals surface area contributed by atoms with Crippen LogP contribution in [0.25, 0.3) is 0 Å². The summed E-state index contributed by atoms with van der Waals surface area (Å²) >= 11 is 0. The Morgan fingerprint density at radius 3 is 2.73 bits per heavy atom. The quantitative estimate of drug-likeness (QED) is 0.822. The van der Waals surface area contributed by atoms with Crippen molar-refractivity contribution >= 4 is 0 Å². The summed E-state index contributed by atoms with van der Waals surface area (Å²) in [5, 5.41) is 0. The van der Waals surface area contributed by atoms with E-state index in [0.29, 0.717) is 5.92 Å². The van der Waals surface area contributed by atoms with Crippen molar-refractivity contribution in [1.29, 1.82) is 0 Å². The first-order chi connectivity index (χ1) is 6.99. The summed E-state index contributed by atoms with van der Waals surface area (Å²) in [4.78, 5) is 18.9. The molecule has 15 heavy (non-hydrogen) atoms. The van der Waals surface area contributed by atoms with Gasteiger partial charge < -0.3 is 4.98 Å². The zero-order chi connectivity index (χ0) is 11.1. The standard InChI is InChI=1S/C12H18N2O/c1-8(2)6-9-7-10(15)14-11(13-9)12(3)4-5-12/h7-8H,4-6H2,1-3H3,(H,13,14,15). The fourth-order valence-corrected chi connectivity index (χ4v) is 1.74. The Hall–Kier alpha value is -1.12. The average Bonchev–Trinajstić information content (AvgIpc) is 2.82. The van der Waals surface area contributed by atoms with Crippen molar-refractivity contribution in [3.63, 3.8) is 0 Å². The Labute approximate surface area is 89.9 Å². The minimum atomic E-state index is -0.0104. The molecule has 1 aromatic rings. The second kappa shape index (κ2) is 3.47. The average molecular weight is 206 g/mol. The van der Waals surface area contributed by atoms with Crippen molar-refractivity contribution < 1.29 is 0 Å². The summed E-state index contributed by atoms with van der Waals surface area (Å²) in [5.74, 6) is 1.42. The van der Waals surface area contributed by atoms with Crippen LogP contribution < -0.4 is 5.56 Å². The van der Waals surface area contributed by atoms with Gasteiger partial charge >= 0.3 is 0 Å². The number of nitrogens with zero attached hydrogens (tertiary/aromatic N) is 1. The van der Waals surface area contributed by atoms with Crippen molar-refractivity contribution in [3.8, 4) is 0 Å². The molecular weight excluding hydrogens is 188 g/mol. The van der Waals surface area contributed by atoms with Gasteiger partial charge in [0.15, 0.2) is 0 Å². The van der Waals surface area contributed by atoms with Crippen LogP contribution in [0.3, 0.4) is 0 Å². The smallest absolute Gasteiger partial charge is 0.251 e. The Bertz CT molecular complexity index is 416. The highest BCUT2D eigenvalue weighted by atomic mass is 16.1. The van der Waals surface area contributed by atoms with E-state index in [0.717, 1.165) is 30.8 Å². The molecule has 0 bridgehead atoms. The molecule has 0 aromatic carbocycles. The molecule has 1 aromatic heterocycles. The highest BCUT2D eigenvalue weighted by molar-refractivity contribution is 5.17. The van der Waals surface area contributed by atoms with Crippen molar-refractivity contribution in [2.45, 2.75) is 45.4 Å². The number of H-pyrrole nitrogens is 1. The minimum absolute atomic E-state index is 0.0104. The van der Waals surface area contributed by atoms with E-state index in [1.165, 1.54) is 0 Å². The van der Waals surface area contributed by atoms with Crippen molar-refractivity contribution in [3.05, 3.63) is 27.9 Å². The number of hydrogen-bond acceptors (Lipinski definition) is 2. The first kappa shape index (κ1) is 10.4. The predicted octanol–water partition coefficient (Wildman–Crippen LogP) is 2.02. The molecule has 0 amide bonds. The number of aromatic nitrogens is 2. The summed E-state index contributed by atoms with van der Waals surface area (Å²) < 4.78 is 0. The van der Waals surface area contributed by atoms with E-state index in [1.54, 1.807) is 6.07 Å². The first-order valence-corrected chi connectivity index (χ1v) is 5.60. The molecule has 3 nitrogen and oxygen atoms in total.